The molecule has 0 aliphatic carbocycles. The molecule has 118 valence electrons. The molecule has 1 saturated heterocycles. The Kier molecular flexibility index (Phi) is 6.52. The van der Waals surface area contributed by atoms with Crippen LogP contribution in [0.3, 0.4) is 0 Å². The maximum absolute atomic E-state index is 14.0. The summed E-state index contributed by atoms with van der Waals surface area (Å²) in [6.07, 6.45) is 0.955. The average molecular weight is 310 g/mol. The zero-order chi connectivity index (χ0) is 15.2. The van der Waals surface area contributed by atoms with Crippen molar-refractivity contribution >= 4 is 11.8 Å². The van der Waals surface area contributed by atoms with Crippen LogP contribution in [0, 0.1) is 5.82 Å². The van der Waals surface area contributed by atoms with Crippen LogP contribution in [0.2, 0.25) is 0 Å². The quantitative estimate of drug-likeness (QED) is 0.862. The molecule has 1 aromatic rings. The van der Waals surface area contributed by atoms with E-state index in [4.69, 9.17) is 0 Å². The number of hydrogen-bond donors (Lipinski definition) is 1. The van der Waals surface area contributed by atoms with Gasteiger partial charge in [0.25, 0.3) is 0 Å². The van der Waals surface area contributed by atoms with E-state index >= 15 is 0 Å². The highest BCUT2D eigenvalue weighted by Gasteiger charge is 2.26. The third kappa shape index (κ3) is 4.44. The molecule has 3 atom stereocenters. The van der Waals surface area contributed by atoms with E-state index in [0.29, 0.717) is 11.3 Å². The Morgan fingerprint density at radius 1 is 1.38 bits per heavy atom. The Balaban J connectivity index is 1.99. The molecular weight excluding hydrogens is 283 g/mol. The van der Waals surface area contributed by atoms with Crippen molar-refractivity contribution in [3.8, 4) is 0 Å². The summed E-state index contributed by atoms with van der Waals surface area (Å²) in [6.45, 7) is 9.73. The van der Waals surface area contributed by atoms with Gasteiger partial charge in [-0.1, -0.05) is 32.0 Å². The van der Waals surface area contributed by atoms with Gasteiger partial charge >= 0.3 is 0 Å². The Bertz CT molecular complexity index is 441. The first kappa shape index (κ1) is 16.8. The molecule has 0 spiro atoms. The minimum Gasteiger partial charge on any atom is -0.310 e. The number of thioether (sulfide) groups is 1. The van der Waals surface area contributed by atoms with E-state index in [1.54, 1.807) is 12.1 Å². The topological polar surface area (TPSA) is 15.3 Å². The monoisotopic (exact) mass is 310 g/mol. The molecule has 1 N–H and O–H groups in total. The first-order chi connectivity index (χ1) is 10.1. The second kappa shape index (κ2) is 8.16. The Labute approximate surface area is 132 Å². The van der Waals surface area contributed by atoms with Crippen molar-refractivity contribution in [2.24, 2.45) is 0 Å². The molecule has 1 aliphatic heterocycles. The van der Waals surface area contributed by atoms with Crippen molar-refractivity contribution in [3.63, 3.8) is 0 Å². The molecule has 0 radical (unpaired) electrons. The Hall–Kier alpha value is -0.580. The highest BCUT2D eigenvalue weighted by atomic mass is 32.2. The lowest BCUT2D eigenvalue weighted by Crippen LogP contribution is -2.45. The lowest BCUT2D eigenvalue weighted by molar-refractivity contribution is 0.201. The molecule has 3 unspecified atom stereocenters. The Morgan fingerprint density at radius 3 is 2.86 bits per heavy atom. The van der Waals surface area contributed by atoms with Gasteiger partial charge in [0.05, 0.1) is 0 Å². The molecule has 0 bridgehead atoms. The third-order valence-electron chi connectivity index (χ3n) is 4.45. The van der Waals surface area contributed by atoms with Crippen molar-refractivity contribution in [1.82, 2.24) is 10.2 Å². The van der Waals surface area contributed by atoms with Gasteiger partial charge in [-0.2, -0.15) is 11.8 Å². The number of rotatable bonds is 6. The van der Waals surface area contributed by atoms with Gasteiger partial charge in [0, 0.05) is 41.7 Å². The second-order valence-electron chi connectivity index (χ2n) is 5.77. The van der Waals surface area contributed by atoms with Gasteiger partial charge in [0.15, 0.2) is 0 Å². The lowest BCUT2D eigenvalue weighted by atomic mass is 10.0. The molecule has 2 nitrogen and oxygen atoms in total. The summed E-state index contributed by atoms with van der Waals surface area (Å²) < 4.78 is 14.0. The van der Waals surface area contributed by atoms with Crippen molar-refractivity contribution in [2.75, 3.05) is 25.4 Å². The van der Waals surface area contributed by atoms with E-state index in [-0.39, 0.29) is 11.9 Å². The number of nitrogens with one attached hydrogen (secondary N) is 1. The van der Waals surface area contributed by atoms with E-state index in [1.165, 1.54) is 5.75 Å². The van der Waals surface area contributed by atoms with Crippen molar-refractivity contribution in [3.05, 3.63) is 35.6 Å². The van der Waals surface area contributed by atoms with Gasteiger partial charge in [0.2, 0.25) is 0 Å². The van der Waals surface area contributed by atoms with Gasteiger partial charge < -0.3 is 5.32 Å². The van der Waals surface area contributed by atoms with Gasteiger partial charge in [0.1, 0.15) is 5.82 Å². The van der Waals surface area contributed by atoms with Gasteiger partial charge in [-0.25, -0.2) is 4.39 Å². The largest absolute Gasteiger partial charge is 0.310 e. The molecule has 0 aromatic heterocycles. The molecule has 0 saturated carbocycles. The summed E-state index contributed by atoms with van der Waals surface area (Å²) in [5.74, 6) is 1.11. The zero-order valence-corrected chi connectivity index (χ0v) is 14.1. The molecule has 1 aliphatic rings. The van der Waals surface area contributed by atoms with Crippen LogP contribution in [0.25, 0.3) is 0 Å². The summed E-state index contributed by atoms with van der Waals surface area (Å²) in [4.78, 5) is 2.55. The summed E-state index contributed by atoms with van der Waals surface area (Å²) >= 11 is 2.06. The van der Waals surface area contributed by atoms with Gasteiger partial charge in [-0.15, -0.1) is 0 Å². The lowest BCUT2D eigenvalue weighted by Gasteiger charge is -2.38. The average Bonchev–Trinajstić information content (AvgIpc) is 2.48. The Morgan fingerprint density at radius 2 is 2.14 bits per heavy atom. The second-order valence-corrected chi connectivity index (χ2v) is 7.26. The molecule has 4 heteroatoms. The van der Waals surface area contributed by atoms with Crippen LogP contribution in [0.1, 0.15) is 38.8 Å². The minimum absolute atomic E-state index is 0.0981. The first-order valence-corrected chi connectivity index (χ1v) is 9.01. The van der Waals surface area contributed by atoms with Crippen LogP contribution in [-0.4, -0.2) is 41.6 Å². The highest BCUT2D eigenvalue weighted by molar-refractivity contribution is 8.00. The van der Waals surface area contributed by atoms with Crippen molar-refractivity contribution in [2.45, 2.75) is 44.5 Å². The van der Waals surface area contributed by atoms with Crippen molar-refractivity contribution in [1.29, 1.82) is 0 Å². The van der Waals surface area contributed by atoms with Crippen LogP contribution in [0.4, 0.5) is 4.39 Å². The molecular formula is C17H27FN2S. The summed E-state index contributed by atoms with van der Waals surface area (Å²) in [5.41, 5.74) is 0.798. The zero-order valence-electron chi connectivity index (χ0n) is 13.3. The maximum Gasteiger partial charge on any atom is 0.127 e. The maximum atomic E-state index is 14.0. The SMILES string of the molecule is CCNC(CCN1CCSC(C)C1C)c1ccccc1F. The first-order valence-electron chi connectivity index (χ1n) is 7.97. The van der Waals surface area contributed by atoms with E-state index < -0.39 is 0 Å². The van der Waals surface area contributed by atoms with Crippen LogP contribution in [0.15, 0.2) is 24.3 Å². The molecule has 21 heavy (non-hydrogen) atoms. The molecule has 1 fully saturated rings. The smallest absolute Gasteiger partial charge is 0.127 e. The number of nitrogens with zero attached hydrogens (tertiary/aromatic N) is 1. The third-order valence-corrected chi connectivity index (χ3v) is 5.79. The van der Waals surface area contributed by atoms with E-state index in [1.807, 2.05) is 12.1 Å². The predicted molar refractivity (Wildman–Crippen MR) is 90.4 cm³/mol. The normalized spacial score (nSPS) is 25.0. The fourth-order valence-corrected chi connectivity index (χ4v) is 4.14. The molecule has 2 rings (SSSR count). The van der Waals surface area contributed by atoms with Crippen LogP contribution < -0.4 is 5.32 Å². The number of halogens is 1. The van der Waals surface area contributed by atoms with Gasteiger partial charge in [-0.3, -0.25) is 4.90 Å². The van der Waals surface area contributed by atoms with Crippen molar-refractivity contribution < 1.29 is 4.39 Å². The predicted octanol–water partition coefficient (Wildman–Crippen LogP) is 3.69. The van der Waals surface area contributed by atoms with E-state index in [2.05, 4.69) is 42.7 Å². The van der Waals surface area contributed by atoms with Crippen LogP contribution in [-0.2, 0) is 0 Å². The molecule has 1 heterocycles. The standard InChI is InChI=1S/C17H27FN2S/c1-4-19-17(15-7-5-6-8-16(15)18)9-10-20-11-12-21-14(3)13(20)2/h5-8,13-14,17,19H,4,9-12H2,1-3H3. The van der Waals surface area contributed by atoms with Gasteiger partial charge in [-0.05, 0) is 26.0 Å². The van der Waals surface area contributed by atoms with E-state index in [9.17, 15) is 4.39 Å². The highest BCUT2D eigenvalue weighted by Crippen LogP contribution is 2.26. The van der Waals surface area contributed by atoms with E-state index in [0.717, 1.165) is 31.6 Å². The fourth-order valence-electron chi connectivity index (χ4n) is 2.98. The summed E-state index contributed by atoms with van der Waals surface area (Å²) in [5, 5.41) is 4.12. The molecule has 1 aromatic carbocycles. The number of benzene rings is 1. The fraction of sp³-hybridized carbons (Fsp3) is 0.647. The summed E-state index contributed by atoms with van der Waals surface area (Å²) in [6, 6.07) is 7.85. The van der Waals surface area contributed by atoms with Crippen LogP contribution in [0.5, 0.6) is 0 Å². The minimum atomic E-state index is -0.0981. The van der Waals surface area contributed by atoms with Crippen LogP contribution >= 0.6 is 11.8 Å². The summed E-state index contributed by atoms with van der Waals surface area (Å²) in [7, 11) is 0. The molecule has 0 amide bonds. The number of hydrogen-bond acceptors (Lipinski definition) is 3.